The van der Waals surface area contributed by atoms with Crippen LogP contribution < -0.4 is 5.32 Å². The van der Waals surface area contributed by atoms with Crippen LogP contribution >= 0.6 is 15.9 Å². The molecule has 1 N–H and O–H groups in total. The molecular weight excluding hydrogens is 305 g/mol. The van der Waals surface area contributed by atoms with Gasteiger partial charge in [0.2, 0.25) is 0 Å². The van der Waals surface area contributed by atoms with Crippen LogP contribution in [0.25, 0.3) is 0 Å². The molecule has 2 rings (SSSR count). The zero-order valence-electron chi connectivity index (χ0n) is 11.0. The third-order valence-corrected chi connectivity index (χ3v) is 3.71. The maximum atomic E-state index is 13.7. The Morgan fingerprint density at radius 3 is 2.42 bits per heavy atom. The summed E-state index contributed by atoms with van der Waals surface area (Å²) in [6.45, 7) is 4.06. The molecule has 0 fully saturated rings. The summed E-state index contributed by atoms with van der Waals surface area (Å²) in [6, 6.07) is 15.2. The van der Waals surface area contributed by atoms with Crippen molar-refractivity contribution in [2.75, 3.05) is 0 Å². The molecule has 100 valence electrons. The molecule has 0 radical (unpaired) electrons. The first-order chi connectivity index (χ1) is 9.08. The van der Waals surface area contributed by atoms with E-state index < -0.39 is 0 Å². The molecule has 0 saturated heterocycles. The van der Waals surface area contributed by atoms with Gasteiger partial charge in [0.1, 0.15) is 5.82 Å². The van der Waals surface area contributed by atoms with E-state index in [1.54, 1.807) is 6.07 Å². The Kier molecular flexibility index (Phi) is 4.72. The zero-order chi connectivity index (χ0) is 13.8. The van der Waals surface area contributed by atoms with E-state index in [1.807, 2.05) is 31.2 Å². The second-order valence-electron chi connectivity index (χ2n) is 4.69. The fourth-order valence-electron chi connectivity index (χ4n) is 2.16. The van der Waals surface area contributed by atoms with E-state index in [9.17, 15) is 4.39 Å². The van der Waals surface area contributed by atoms with Crippen LogP contribution in [0.4, 0.5) is 4.39 Å². The average molecular weight is 322 g/mol. The van der Waals surface area contributed by atoms with E-state index in [0.717, 1.165) is 4.47 Å². The van der Waals surface area contributed by atoms with Crippen LogP contribution in [0.1, 0.15) is 37.1 Å². The Morgan fingerprint density at radius 2 is 1.74 bits per heavy atom. The van der Waals surface area contributed by atoms with Gasteiger partial charge in [0, 0.05) is 22.1 Å². The largest absolute Gasteiger partial charge is 0.304 e. The summed E-state index contributed by atoms with van der Waals surface area (Å²) in [7, 11) is 0. The summed E-state index contributed by atoms with van der Waals surface area (Å²) < 4.78 is 14.8. The van der Waals surface area contributed by atoms with Crippen molar-refractivity contribution in [3.63, 3.8) is 0 Å². The topological polar surface area (TPSA) is 12.0 Å². The molecule has 19 heavy (non-hydrogen) atoms. The van der Waals surface area contributed by atoms with Crippen LogP contribution in [0.2, 0.25) is 0 Å². The van der Waals surface area contributed by atoms with Crippen molar-refractivity contribution in [1.82, 2.24) is 5.32 Å². The summed E-state index contributed by atoms with van der Waals surface area (Å²) in [5.41, 5.74) is 1.88. The van der Waals surface area contributed by atoms with Crippen molar-refractivity contribution in [3.8, 4) is 0 Å². The van der Waals surface area contributed by atoms with Crippen molar-refractivity contribution < 1.29 is 4.39 Å². The predicted molar refractivity (Wildman–Crippen MR) is 80.5 cm³/mol. The Morgan fingerprint density at radius 1 is 1.00 bits per heavy atom. The molecule has 2 aromatic carbocycles. The lowest BCUT2D eigenvalue weighted by atomic mass is 10.0. The molecule has 2 atom stereocenters. The van der Waals surface area contributed by atoms with Crippen molar-refractivity contribution >= 4 is 15.9 Å². The molecule has 2 aromatic rings. The van der Waals surface area contributed by atoms with Gasteiger partial charge in [-0.1, -0.05) is 46.3 Å². The lowest BCUT2D eigenvalue weighted by Crippen LogP contribution is -2.23. The third kappa shape index (κ3) is 3.64. The minimum atomic E-state index is -0.163. The first-order valence-electron chi connectivity index (χ1n) is 6.34. The molecule has 0 amide bonds. The highest BCUT2D eigenvalue weighted by atomic mass is 79.9. The van der Waals surface area contributed by atoms with Gasteiger partial charge in [-0.3, -0.25) is 0 Å². The number of nitrogens with one attached hydrogen (secondary N) is 1. The minimum absolute atomic E-state index is 0.0322. The number of benzene rings is 2. The molecule has 0 saturated carbocycles. The standard InChI is InChI=1S/C16H17BrFN/c1-11(13-6-5-7-14(17)10-13)19-12(2)15-8-3-4-9-16(15)18/h3-12,19H,1-2H3/t11-,12?/m0/s1. The Balaban J connectivity index is 2.11. The van der Waals surface area contributed by atoms with Gasteiger partial charge in [0.15, 0.2) is 0 Å². The molecule has 0 aromatic heterocycles. The lowest BCUT2D eigenvalue weighted by Gasteiger charge is -2.21. The van der Waals surface area contributed by atoms with Crippen LogP contribution in [0.5, 0.6) is 0 Å². The molecule has 3 heteroatoms. The maximum Gasteiger partial charge on any atom is 0.127 e. The van der Waals surface area contributed by atoms with Crippen LogP contribution in [-0.4, -0.2) is 0 Å². The van der Waals surface area contributed by atoms with E-state index >= 15 is 0 Å². The zero-order valence-corrected chi connectivity index (χ0v) is 12.6. The predicted octanol–water partition coefficient (Wildman–Crippen LogP) is 5.00. The maximum absolute atomic E-state index is 13.7. The SMILES string of the molecule is CC(N[C@@H](C)c1cccc(Br)c1)c1ccccc1F. The van der Waals surface area contributed by atoms with Gasteiger partial charge in [-0.05, 0) is 37.6 Å². The normalized spacial score (nSPS) is 14.1. The minimum Gasteiger partial charge on any atom is -0.304 e. The lowest BCUT2D eigenvalue weighted by molar-refractivity contribution is 0.474. The van der Waals surface area contributed by atoms with Crippen molar-refractivity contribution in [3.05, 3.63) is 69.9 Å². The van der Waals surface area contributed by atoms with Gasteiger partial charge in [-0.15, -0.1) is 0 Å². The molecule has 0 aliphatic heterocycles. The second-order valence-corrected chi connectivity index (χ2v) is 5.60. The molecule has 0 aliphatic rings. The smallest absolute Gasteiger partial charge is 0.127 e. The summed E-state index contributed by atoms with van der Waals surface area (Å²) in [5.74, 6) is -0.163. The molecule has 1 nitrogen and oxygen atoms in total. The van der Waals surface area contributed by atoms with Crippen LogP contribution in [-0.2, 0) is 0 Å². The van der Waals surface area contributed by atoms with Gasteiger partial charge >= 0.3 is 0 Å². The average Bonchev–Trinajstić information content (AvgIpc) is 2.39. The van der Waals surface area contributed by atoms with Gasteiger partial charge in [-0.25, -0.2) is 4.39 Å². The van der Waals surface area contributed by atoms with E-state index in [2.05, 4.69) is 40.3 Å². The van der Waals surface area contributed by atoms with Crippen molar-refractivity contribution in [2.45, 2.75) is 25.9 Å². The molecule has 0 bridgehead atoms. The van der Waals surface area contributed by atoms with E-state index in [-0.39, 0.29) is 17.9 Å². The Labute approximate surface area is 122 Å². The van der Waals surface area contributed by atoms with Crippen molar-refractivity contribution in [1.29, 1.82) is 0 Å². The number of hydrogen-bond acceptors (Lipinski definition) is 1. The van der Waals surface area contributed by atoms with Gasteiger partial charge in [-0.2, -0.15) is 0 Å². The summed E-state index contributed by atoms with van der Waals surface area (Å²) in [6.07, 6.45) is 0. The highest BCUT2D eigenvalue weighted by Crippen LogP contribution is 2.23. The third-order valence-electron chi connectivity index (χ3n) is 3.22. The number of halogens is 2. The Bertz CT molecular complexity index is 556. The summed E-state index contributed by atoms with van der Waals surface area (Å²) >= 11 is 3.47. The number of hydrogen-bond donors (Lipinski definition) is 1. The number of rotatable bonds is 4. The van der Waals surface area contributed by atoms with Crippen molar-refractivity contribution in [2.24, 2.45) is 0 Å². The fourth-order valence-corrected chi connectivity index (χ4v) is 2.58. The van der Waals surface area contributed by atoms with Gasteiger partial charge in [0.05, 0.1) is 0 Å². The van der Waals surface area contributed by atoms with Gasteiger partial charge in [0.25, 0.3) is 0 Å². The van der Waals surface area contributed by atoms with Crippen LogP contribution in [0.15, 0.2) is 53.0 Å². The Hall–Kier alpha value is -1.19. The summed E-state index contributed by atoms with van der Waals surface area (Å²) in [5, 5.41) is 3.42. The van der Waals surface area contributed by atoms with E-state index in [4.69, 9.17) is 0 Å². The van der Waals surface area contributed by atoms with Crippen LogP contribution in [0, 0.1) is 5.82 Å². The second kappa shape index (κ2) is 6.31. The summed E-state index contributed by atoms with van der Waals surface area (Å²) in [4.78, 5) is 0. The first-order valence-corrected chi connectivity index (χ1v) is 7.13. The fraction of sp³-hybridized carbons (Fsp3) is 0.250. The molecule has 0 heterocycles. The highest BCUT2D eigenvalue weighted by Gasteiger charge is 2.14. The highest BCUT2D eigenvalue weighted by molar-refractivity contribution is 9.10. The van der Waals surface area contributed by atoms with E-state index in [1.165, 1.54) is 11.6 Å². The van der Waals surface area contributed by atoms with Gasteiger partial charge < -0.3 is 5.32 Å². The molecule has 0 spiro atoms. The molecular formula is C16H17BrFN. The first kappa shape index (κ1) is 14.2. The van der Waals surface area contributed by atoms with Crippen LogP contribution in [0.3, 0.4) is 0 Å². The molecule has 0 aliphatic carbocycles. The quantitative estimate of drug-likeness (QED) is 0.835. The van der Waals surface area contributed by atoms with E-state index in [0.29, 0.717) is 5.56 Å². The monoisotopic (exact) mass is 321 g/mol. The molecule has 1 unspecified atom stereocenters.